The molecule has 1 aromatic carbocycles. The third-order valence-corrected chi connectivity index (χ3v) is 2.43. The second-order valence-electron chi connectivity index (χ2n) is 3.59. The Morgan fingerprint density at radius 1 is 1.19 bits per heavy atom. The van der Waals surface area contributed by atoms with Gasteiger partial charge in [0, 0.05) is 18.5 Å². The summed E-state index contributed by atoms with van der Waals surface area (Å²) in [6.07, 6.45) is 1.66. The Hall–Kier alpha value is -1.68. The van der Waals surface area contributed by atoms with Gasteiger partial charge in [0.1, 0.15) is 0 Å². The second kappa shape index (κ2) is 4.90. The highest BCUT2D eigenvalue weighted by molar-refractivity contribution is 5.52. The van der Waals surface area contributed by atoms with Gasteiger partial charge in [-0.1, -0.05) is 19.1 Å². The maximum atomic E-state index is 5.48. The van der Waals surface area contributed by atoms with Gasteiger partial charge in [-0.25, -0.2) is 0 Å². The third-order valence-electron chi connectivity index (χ3n) is 2.43. The van der Waals surface area contributed by atoms with Crippen molar-refractivity contribution in [2.45, 2.75) is 19.8 Å². The molecule has 0 fully saturated rings. The molecule has 0 amide bonds. The second-order valence-corrected chi connectivity index (χ2v) is 3.59. The smallest absolute Gasteiger partial charge is 0.247 e. The van der Waals surface area contributed by atoms with Crippen LogP contribution in [-0.2, 0) is 12.8 Å². The minimum atomic E-state index is 0.524. The van der Waals surface area contributed by atoms with Crippen molar-refractivity contribution in [1.82, 2.24) is 10.2 Å². The molecule has 0 spiro atoms. The van der Waals surface area contributed by atoms with Crippen LogP contribution in [-0.4, -0.2) is 16.7 Å². The molecule has 0 aliphatic rings. The van der Waals surface area contributed by atoms with Gasteiger partial charge in [-0.15, -0.1) is 10.2 Å². The number of rotatable bonds is 4. The van der Waals surface area contributed by atoms with E-state index in [4.69, 9.17) is 10.2 Å². The van der Waals surface area contributed by atoms with Gasteiger partial charge in [-0.2, -0.15) is 0 Å². The molecular formula is C12H15N3O. The van der Waals surface area contributed by atoms with Gasteiger partial charge in [-0.05, 0) is 24.1 Å². The Balaban J connectivity index is 2.21. The molecule has 0 atom stereocenters. The van der Waals surface area contributed by atoms with Crippen LogP contribution in [0, 0.1) is 0 Å². The van der Waals surface area contributed by atoms with E-state index in [2.05, 4.69) is 29.3 Å². The molecular weight excluding hydrogens is 202 g/mol. The number of nitrogens with zero attached hydrogens (tertiary/aromatic N) is 2. The average Bonchev–Trinajstić information content (AvgIpc) is 2.78. The van der Waals surface area contributed by atoms with Crippen LogP contribution in [0.4, 0.5) is 0 Å². The third kappa shape index (κ3) is 2.28. The number of aromatic nitrogens is 2. The Morgan fingerprint density at radius 2 is 1.94 bits per heavy atom. The van der Waals surface area contributed by atoms with E-state index in [1.165, 1.54) is 5.56 Å². The lowest BCUT2D eigenvalue weighted by atomic mass is 10.1. The highest BCUT2D eigenvalue weighted by Gasteiger charge is 2.07. The number of benzene rings is 1. The molecule has 1 aromatic heterocycles. The maximum Gasteiger partial charge on any atom is 0.247 e. The van der Waals surface area contributed by atoms with Crippen molar-refractivity contribution in [1.29, 1.82) is 0 Å². The van der Waals surface area contributed by atoms with E-state index in [9.17, 15) is 0 Å². The number of aryl methyl sites for hydroxylation is 1. The molecule has 0 radical (unpaired) electrons. The van der Waals surface area contributed by atoms with Gasteiger partial charge in [0.15, 0.2) is 0 Å². The Kier molecular flexibility index (Phi) is 3.31. The van der Waals surface area contributed by atoms with E-state index in [-0.39, 0.29) is 0 Å². The monoisotopic (exact) mass is 217 g/mol. The number of hydrogen-bond donors (Lipinski definition) is 1. The van der Waals surface area contributed by atoms with Gasteiger partial charge in [0.25, 0.3) is 0 Å². The van der Waals surface area contributed by atoms with Crippen molar-refractivity contribution >= 4 is 0 Å². The molecule has 0 bridgehead atoms. The quantitative estimate of drug-likeness (QED) is 0.848. The molecule has 0 saturated carbocycles. The molecule has 0 aliphatic carbocycles. The first-order valence-electron chi connectivity index (χ1n) is 5.45. The molecule has 0 unspecified atom stereocenters. The summed E-state index contributed by atoms with van der Waals surface area (Å²) in [6, 6.07) is 8.14. The van der Waals surface area contributed by atoms with E-state index in [1.807, 2.05) is 12.1 Å². The first-order valence-corrected chi connectivity index (χ1v) is 5.45. The molecule has 2 rings (SSSR count). The first kappa shape index (κ1) is 10.8. The summed E-state index contributed by atoms with van der Waals surface area (Å²) in [5, 5.41) is 7.92. The fourth-order valence-electron chi connectivity index (χ4n) is 1.48. The van der Waals surface area contributed by atoms with Crippen molar-refractivity contribution in [3.63, 3.8) is 0 Å². The Morgan fingerprint density at radius 3 is 2.56 bits per heavy atom. The zero-order valence-electron chi connectivity index (χ0n) is 9.31. The van der Waals surface area contributed by atoms with Crippen LogP contribution >= 0.6 is 0 Å². The van der Waals surface area contributed by atoms with E-state index in [0.717, 1.165) is 12.0 Å². The Bertz CT molecular complexity index is 448. The topological polar surface area (TPSA) is 64.9 Å². The van der Waals surface area contributed by atoms with Crippen LogP contribution in [0.25, 0.3) is 11.5 Å². The van der Waals surface area contributed by atoms with Crippen molar-refractivity contribution in [3.8, 4) is 11.5 Å². The van der Waals surface area contributed by atoms with Gasteiger partial charge < -0.3 is 10.2 Å². The lowest BCUT2D eigenvalue weighted by molar-refractivity contribution is 0.507. The summed E-state index contributed by atoms with van der Waals surface area (Å²) in [5.74, 6) is 1.16. The summed E-state index contributed by atoms with van der Waals surface area (Å²) in [6.45, 7) is 2.65. The highest BCUT2D eigenvalue weighted by Crippen LogP contribution is 2.18. The summed E-state index contributed by atoms with van der Waals surface area (Å²) in [4.78, 5) is 0. The zero-order valence-corrected chi connectivity index (χ0v) is 9.31. The minimum absolute atomic E-state index is 0.524. The van der Waals surface area contributed by atoms with Gasteiger partial charge in [0.05, 0.1) is 0 Å². The molecule has 16 heavy (non-hydrogen) atoms. The van der Waals surface area contributed by atoms with E-state index in [0.29, 0.717) is 24.7 Å². The molecule has 2 N–H and O–H groups in total. The fraction of sp³-hybridized carbons (Fsp3) is 0.333. The van der Waals surface area contributed by atoms with Gasteiger partial charge in [0.2, 0.25) is 11.8 Å². The number of nitrogens with two attached hydrogens (primary N) is 1. The molecule has 4 heteroatoms. The van der Waals surface area contributed by atoms with E-state index >= 15 is 0 Å². The van der Waals surface area contributed by atoms with Crippen LogP contribution in [0.5, 0.6) is 0 Å². The molecule has 2 aromatic rings. The van der Waals surface area contributed by atoms with Gasteiger partial charge in [-0.3, -0.25) is 0 Å². The lowest BCUT2D eigenvalue weighted by Crippen LogP contribution is -2.02. The van der Waals surface area contributed by atoms with Crippen LogP contribution < -0.4 is 5.73 Å². The van der Waals surface area contributed by atoms with Crippen LogP contribution in [0.2, 0.25) is 0 Å². The van der Waals surface area contributed by atoms with Crippen molar-refractivity contribution in [3.05, 3.63) is 35.7 Å². The van der Waals surface area contributed by atoms with E-state index < -0.39 is 0 Å². The minimum Gasteiger partial charge on any atom is -0.421 e. The van der Waals surface area contributed by atoms with Crippen molar-refractivity contribution < 1.29 is 4.42 Å². The zero-order chi connectivity index (χ0) is 11.4. The molecule has 4 nitrogen and oxygen atoms in total. The van der Waals surface area contributed by atoms with Crippen LogP contribution in [0.15, 0.2) is 28.7 Å². The standard InChI is InChI=1S/C12H15N3O/c1-2-9-3-5-10(6-4-9)12-15-14-11(16-12)7-8-13/h3-6H,2,7-8,13H2,1H3. The summed E-state index contributed by atoms with van der Waals surface area (Å²) >= 11 is 0. The molecule has 0 saturated heterocycles. The van der Waals surface area contributed by atoms with Crippen molar-refractivity contribution in [2.75, 3.05) is 6.54 Å². The normalized spacial score (nSPS) is 10.6. The molecule has 0 aliphatic heterocycles. The van der Waals surface area contributed by atoms with Crippen LogP contribution in [0.1, 0.15) is 18.4 Å². The maximum absolute atomic E-state index is 5.48. The molecule has 84 valence electrons. The summed E-state index contributed by atoms with van der Waals surface area (Å²) < 4.78 is 5.48. The predicted octanol–water partition coefficient (Wildman–Crippen LogP) is 1.80. The SMILES string of the molecule is CCc1ccc(-c2nnc(CCN)o2)cc1. The predicted molar refractivity (Wildman–Crippen MR) is 61.9 cm³/mol. The molecule has 1 heterocycles. The first-order chi connectivity index (χ1) is 7.83. The highest BCUT2D eigenvalue weighted by atomic mass is 16.4. The summed E-state index contributed by atoms with van der Waals surface area (Å²) in [5.41, 5.74) is 7.67. The lowest BCUT2D eigenvalue weighted by Gasteiger charge is -1.97. The number of hydrogen-bond acceptors (Lipinski definition) is 4. The largest absolute Gasteiger partial charge is 0.421 e. The van der Waals surface area contributed by atoms with Gasteiger partial charge >= 0.3 is 0 Å². The van der Waals surface area contributed by atoms with Crippen LogP contribution in [0.3, 0.4) is 0 Å². The fourth-order valence-corrected chi connectivity index (χ4v) is 1.48. The summed E-state index contributed by atoms with van der Waals surface area (Å²) in [7, 11) is 0. The average molecular weight is 217 g/mol. The Labute approximate surface area is 94.5 Å². The van der Waals surface area contributed by atoms with Crippen molar-refractivity contribution in [2.24, 2.45) is 5.73 Å². The van der Waals surface area contributed by atoms with E-state index in [1.54, 1.807) is 0 Å².